The number of carbonyl (C=O) groups is 1. The Bertz CT molecular complexity index is 376. The van der Waals surface area contributed by atoms with Crippen molar-refractivity contribution in [2.24, 2.45) is 0 Å². The van der Waals surface area contributed by atoms with Crippen LogP contribution in [0.15, 0.2) is 18.2 Å². The second kappa shape index (κ2) is 6.30. The highest BCUT2D eigenvalue weighted by atomic mass is 19.1. The van der Waals surface area contributed by atoms with E-state index in [0.717, 1.165) is 0 Å². The maximum absolute atomic E-state index is 13.4. The van der Waals surface area contributed by atoms with Crippen LogP contribution in [-0.2, 0) is 9.53 Å². The zero-order chi connectivity index (χ0) is 12.8. The molecule has 0 amide bonds. The molecule has 0 radical (unpaired) electrons. The molecule has 94 valence electrons. The highest BCUT2D eigenvalue weighted by Crippen LogP contribution is 2.19. The van der Waals surface area contributed by atoms with Gasteiger partial charge in [0.15, 0.2) is 0 Å². The lowest BCUT2D eigenvalue weighted by atomic mass is 10.1. The molecular formula is C12H15F2NO2. The fourth-order valence-electron chi connectivity index (χ4n) is 1.47. The first-order valence-electron chi connectivity index (χ1n) is 5.39. The summed E-state index contributed by atoms with van der Waals surface area (Å²) in [5.74, 6) is -1.71. The predicted molar refractivity (Wildman–Crippen MR) is 59.4 cm³/mol. The number of rotatable bonds is 5. The van der Waals surface area contributed by atoms with Gasteiger partial charge in [-0.05, 0) is 26.0 Å². The standard InChI is InChI=1S/C12H15F2NO2/c1-3-17-11(16)7-15-8(2)12-9(13)5-4-6-10(12)14/h4-6,8,15H,3,7H2,1-2H3. The Balaban J connectivity index is 2.64. The van der Waals surface area contributed by atoms with Crippen molar-refractivity contribution < 1.29 is 18.3 Å². The van der Waals surface area contributed by atoms with Gasteiger partial charge in [-0.3, -0.25) is 4.79 Å². The highest BCUT2D eigenvalue weighted by molar-refractivity contribution is 5.71. The molecule has 0 spiro atoms. The molecule has 0 aliphatic heterocycles. The van der Waals surface area contributed by atoms with E-state index in [4.69, 9.17) is 4.74 Å². The third-order valence-corrected chi connectivity index (χ3v) is 2.29. The molecule has 0 aromatic heterocycles. The van der Waals surface area contributed by atoms with E-state index in [1.807, 2.05) is 0 Å². The van der Waals surface area contributed by atoms with Crippen LogP contribution in [0, 0.1) is 11.6 Å². The predicted octanol–water partition coefficient (Wildman–Crippen LogP) is 2.18. The lowest BCUT2D eigenvalue weighted by Gasteiger charge is -2.15. The summed E-state index contributed by atoms with van der Waals surface area (Å²) in [6.45, 7) is 3.48. The summed E-state index contributed by atoms with van der Waals surface area (Å²) < 4.78 is 31.5. The number of hydrogen-bond acceptors (Lipinski definition) is 3. The van der Waals surface area contributed by atoms with Gasteiger partial charge in [-0.25, -0.2) is 8.78 Å². The SMILES string of the molecule is CCOC(=O)CNC(C)c1c(F)cccc1F. The smallest absolute Gasteiger partial charge is 0.319 e. The van der Waals surface area contributed by atoms with Crippen molar-refractivity contribution in [3.05, 3.63) is 35.4 Å². The Morgan fingerprint density at radius 3 is 2.53 bits per heavy atom. The van der Waals surface area contributed by atoms with Crippen LogP contribution in [0.25, 0.3) is 0 Å². The average molecular weight is 243 g/mol. The van der Waals surface area contributed by atoms with Crippen molar-refractivity contribution in [3.63, 3.8) is 0 Å². The van der Waals surface area contributed by atoms with Crippen molar-refractivity contribution in [1.82, 2.24) is 5.32 Å². The molecule has 0 aliphatic carbocycles. The zero-order valence-electron chi connectivity index (χ0n) is 9.80. The largest absolute Gasteiger partial charge is 0.465 e. The maximum Gasteiger partial charge on any atom is 0.319 e. The second-order valence-corrected chi connectivity index (χ2v) is 3.54. The van der Waals surface area contributed by atoms with Crippen molar-refractivity contribution in [1.29, 1.82) is 0 Å². The lowest BCUT2D eigenvalue weighted by Crippen LogP contribution is -2.28. The molecule has 0 bridgehead atoms. The Hall–Kier alpha value is -1.49. The van der Waals surface area contributed by atoms with Gasteiger partial charge in [0.2, 0.25) is 0 Å². The molecule has 0 saturated carbocycles. The maximum atomic E-state index is 13.4. The highest BCUT2D eigenvalue weighted by Gasteiger charge is 2.16. The third kappa shape index (κ3) is 3.78. The number of halogens is 2. The average Bonchev–Trinajstić information content (AvgIpc) is 2.26. The first-order valence-corrected chi connectivity index (χ1v) is 5.39. The van der Waals surface area contributed by atoms with Crippen LogP contribution in [0.2, 0.25) is 0 Å². The van der Waals surface area contributed by atoms with Gasteiger partial charge in [-0.2, -0.15) is 0 Å². The van der Waals surface area contributed by atoms with Crippen molar-refractivity contribution in [2.75, 3.05) is 13.2 Å². The van der Waals surface area contributed by atoms with Crippen LogP contribution < -0.4 is 5.32 Å². The van der Waals surface area contributed by atoms with Crippen LogP contribution >= 0.6 is 0 Å². The Morgan fingerprint density at radius 2 is 2.00 bits per heavy atom. The minimum Gasteiger partial charge on any atom is -0.465 e. The van der Waals surface area contributed by atoms with E-state index in [0.29, 0.717) is 0 Å². The Kier molecular flexibility index (Phi) is 5.03. The molecule has 0 heterocycles. The molecular weight excluding hydrogens is 228 g/mol. The molecule has 1 rings (SSSR count). The van der Waals surface area contributed by atoms with Gasteiger partial charge >= 0.3 is 5.97 Å². The number of ether oxygens (including phenoxy) is 1. The fourth-order valence-corrected chi connectivity index (χ4v) is 1.47. The molecule has 1 aromatic rings. The van der Waals surface area contributed by atoms with Crippen LogP contribution in [-0.4, -0.2) is 19.1 Å². The van der Waals surface area contributed by atoms with Gasteiger partial charge < -0.3 is 10.1 Å². The zero-order valence-corrected chi connectivity index (χ0v) is 9.80. The van der Waals surface area contributed by atoms with E-state index in [1.165, 1.54) is 18.2 Å². The monoisotopic (exact) mass is 243 g/mol. The number of nitrogens with one attached hydrogen (secondary N) is 1. The molecule has 0 aliphatic rings. The topological polar surface area (TPSA) is 38.3 Å². The van der Waals surface area contributed by atoms with E-state index in [2.05, 4.69) is 5.32 Å². The number of hydrogen-bond donors (Lipinski definition) is 1. The van der Waals surface area contributed by atoms with Crippen molar-refractivity contribution >= 4 is 5.97 Å². The summed E-state index contributed by atoms with van der Waals surface area (Å²) in [4.78, 5) is 11.1. The van der Waals surface area contributed by atoms with E-state index >= 15 is 0 Å². The summed E-state index contributed by atoms with van der Waals surface area (Å²) in [6.07, 6.45) is 0. The quantitative estimate of drug-likeness (QED) is 0.805. The van der Waals surface area contributed by atoms with E-state index in [1.54, 1.807) is 13.8 Å². The van der Waals surface area contributed by atoms with Gasteiger partial charge in [0, 0.05) is 11.6 Å². The first kappa shape index (κ1) is 13.6. The minimum absolute atomic E-state index is 0.0724. The van der Waals surface area contributed by atoms with Crippen LogP contribution in [0.5, 0.6) is 0 Å². The van der Waals surface area contributed by atoms with Crippen LogP contribution in [0.3, 0.4) is 0 Å². The van der Waals surface area contributed by atoms with E-state index in [9.17, 15) is 13.6 Å². The van der Waals surface area contributed by atoms with E-state index < -0.39 is 23.6 Å². The van der Waals surface area contributed by atoms with Gasteiger partial charge in [-0.15, -0.1) is 0 Å². The molecule has 1 aromatic carbocycles. The third-order valence-electron chi connectivity index (χ3n) is 2.29. The Morgan fingerprint density at radius 1 is 1.41 bits per heavy atom. The van der Waals surface area contributed by atoms with Gasteiger partial charge in [0.05, 0.1) is 13.2 Å². The molecule has 0 fully saturated rings. The normalized spacial score (nSPS) is 12.2. The lowest BCUT2D eigenvalue weighted by molar-refractivity contribution is -0.142. The number of benzene rings is 1. The van der Waals surface area contributed by atoms with Gasteiger partial charge in [0.25, 0.3) is 0 Å². The first-order chi connectivity index (χ1) is 8.06. The van der Waals surface area contributed by atoms with Crippen LogP contribution in [0.4, 0.5) is 8.78 Å². The second-order valence-electron chi connectivity index (χ2n) is 3.54. The number of esters is 1. The van der Waals surface area contributed by atoms with Crippen molar-refractivity contribution in [3.8, 4) is 0 Å². The molecule has 17 heavy (non-hydrogen) atoms. The Labute approximate surface area is 98.8 Å². The fraction of sp³-hybridized carbons (Fsp3) is 0.417. The molecule has 5 heteroatoms. The number of carbonyl (C=O) groups excluding carboxylic acids is 1. The van der Waals surface area contributed by atoms with Crippen molar-refractivity contribution in [2.45, 2.75) is 19.9 Å². The summed E-state index contributed by atoms with van der Waals surface area (Å²) in [5, 5.41) is 2.71. The molecule has 3 nitrogen and oxygen atoms in total. The van der Waals surface area contributed by atoms with Gasteiger partial charge in [0.1, 0.15) is 11.6 Å². The summed E-state index contributed by atoms with van der Waals surface area (Å²) in [5.41, 5.74) is -0.0724. The summed E-state index contributed by atoms with van der Waals surface area (Å²) >= 11 is 0. The van der Waals surface area contributed by atoms with Gasteiger partial charge in [-0.1, -0.05) is 6.07 Å². The molecule has 1 N–H and O–H groups in total. The summed E-state index contributed by atoms with van der Waals surface area (Å²) in [6, 6.07) is 3.06. The summed E-state index contributed by atoms with van der Waals surface area (Å²) in [7, 11) is 0. The molecule has 1 atom stereocenters. The molecule has 0 saturated heterocycles. The molecule has 1 unspecified atom stereocenters. The van der Waals surface area contributed by atoms with E-state index in [-0.39, 0.29) is 18.7 Å². The minimum atomic E-state index is -0.631. The van der Waals surface area contributed by atoms with Crippen LogP contribution in [0.1, 0.15) is 25.5 Å².